The first-order valence-corrected chi connectivity index (χ1v) is 32.8. The zero-order valence-electron chi connectivity index (χ0n) is 51.8. The molecule has 0 saturated carbocycles. The molecule has 0 fully saturated rings. The summed E-state index contributed by atoms with van der Waals surface area (Å²) in [6, 6.07) is 0. The van der Waals surface area contributed by atoms with Crippen LogP contribution in [0.3, 0.4) is 0 Å². The first-order valence-electron chi connectivity index (χ1n) is 32.8. The number of rotatable bonds is 58. The summed E-state index contributed by atoms with van der Waals surface area (Å²) in [6.45, 7) is 6.39. The van der Waals surface area contributed by atoms with Gasteiger partial charge in [0.25, 0.3) is 0 Å². The summed E-state index contributed by atoms with van der Waals surface area (Å²) in [4.78, 5) is 38.4. The monoisotopic (exact) mass is 1100 g/mol. The van der Waals surface area contributed by atoms with Crippen molar-refractivity contribution in [2.24, 2.45) is 0 Å². The van der Waals surface area contributed by atoms with Crippen LogP contribution in [0.25, 0.3) is 0 Å². The summed E-state index contributed by atoms with van der Waals surface area (Å²) in [5, 5.41) is 0. The first kappa shape index (κ1) is 75.3. The number of unbranched alkanes of at least 4 members (excludes halogenated alkanes) is 23. The van der Waals surface area contributed by atoms with Gasteiger partial charge in [-0.25, -0.2) is 0 Å². The zero-order valence-corrected chi connectivity index (χ0v) is 51.8. The van der Waals surface area contributed by atoms with Gasteiger partial charge in [0, 0.05) is 19.3 Å². The van der Waals surface area contributed by atoms with Gasteiger partial charge in [-0.2, -0.15) is 0 Å². The third-order valence-corrected chi connectivity index (χ3v) is 13.6. The van der Waals surface area contributed by atoms with Gasteiger partial charge in [0.1, 0.15) is 13.2 Å². The molecule has 0 heterocycles. The lowest BCUT2D eigenvalue weighted by Gasteiger charge is -2.18. The van der Waals surface area contributed by atoms with Crippen LogP contribution in [0.5, 0.6) is 0 Å². The number of hydrogen-bond acceptors (Lipinski definition) is 6. The minimum Gasteiger partial charge on any atom is -0.462 e. The number of hydrogen-bond donors (Lipinski definition) is 0. The fraction of sp³-hybridized carbons (Fsp3) is 0.635. The molecule has 0 aromatic carbocycles. The molecule has 0 bridgehead atoms. The second-order valence-electron chi connectivity index (χ2n) is 21.3. The number of carbonyl (C=O) groups excluding carboxylic acids is 3. The van der Waals surface area contributed by atoms with Gasteiger partial charge >= 0.3 is 17.9 Å². The van der Waals surface area contributed by atoms with E-state index in [1.165, 1.54) is 83.5 Å². The van der Waals surface area contributed by atoms with Crippen LogP contribution in [-0.2, 0) is 28.6 Å². The minimum atomic E-state index is -0.805. The lowest BCUT2D eigenvalue weighted by Crippen LogP contribution is -2.30. The summed E-state index contributed by atoms with van der Waals surface area (Å²) in [7, 11) is 0. The van der Waals surface area contributed by atoms with Crippen LogP contribution in [0.1, 0.15) is 284 Å². The first-order chi connectivity index (χ1) is 39.5. The van der Waals surface area contributed by atoms with E-state index in [1.54, 1.807) is 0 Å². The van der Waals surface area contributed by atoms with Gasteiger partial charge in [-0.15, -0.1) is 0 Å². The fourth-order valence-corrected chi connectivity index (χ4v) is 8.74. The molecule has 6 nitrogen and oxygen atoms in total. The van der Waals surface area contributed by atoms with Crippen molar-refractivity contribution < 1.29 is 28.6 Å². The zero-order chi connectivity index (χ0) is 57.8. The average molecular weight is 1110 g/mol. The summed E-state index contributed by atoms with van der Waals surface area (Å²) in [5.74, 6) is -0.934. The highest BCUT2D eigenvalue weighted by Gasteiger charge is 2.19. The Kier molecular flexibility index (Phi) is 62.9. The van der Waals surface area contributed by atoms with E-state index >= 15 is 0 Å². The lowest BCUT2D eigenvalue weighted by molar-refractivity contribution is -0.167. The van der Waals surface area contributed by atoms with Crippen LogP contribution < -0.4 is 0 Å². The summed E-state index contributed by atoms with van der Waals surface area (Å²) in [6.07, 6.45) is 95.6. The van der Waals surface area contributed by atoms with E-state index in [1.807, 2.05) is 0 Å². The normalized spacial score (nSPS) is 13.1. The number of allylic oxidation sites excluding steroid dienone is 24. The van der Waals surface area contributed by atoms with Crippen molar-refractivity contribution in [3.63, 3.8) is 0 Å². The van der Waals surface area contributed by atoms with E-state index in [0.717, 1.165) is 161 Å². The van der Waals surface area contributed by atoms with Crippen LogP contribution in [-0.4, -0.2) is 37.2 Å². The molecule has 0 saturated heterocycles. The molecule has 0 aromatic heterocycles. The molecule has 0 spiro atoms. The third kappa shape index (κ3) is 64.1. The minimum absolute atomic E-state index is 0.0962. The quantitative estimate of drug-likeness (QED) is 0.0261. The molecular weight excluding hydrogens is 985 g/mol. The maximum Gasteiger partial charge on any atom is 0.306 e. The Balaban J connectivity index is 4.46. The number of esters is 3. The van der Waals surface area contributed by atoms with E-state index in [0.29, 0.717) is 19.3 Å². The molecule has 0 N–H and O–H groups in total. The summed E-state index contributed by atoms with van der Waals surface area (Å²) >= 11 is 0. The molecule has 0 aliphatic heterocycles. The molecule has 0 rings (SSSR count). The molecule has 0 aliphatic rings. The highest BCUT2D eigenvalue weighted by Crippen LogP contribution is 2.15. The molecule has 80 heavy (non-hydrogen) atoms. The fourth-order valence-electron chi connectivity index (χ4n) is 8.74. The third-order valence-electron chi connectivity index (χ3n) is 13.6. The van der Waals surface area contributed by atoms with Crippen molar-refractivity contribution in [1.82, 2.24) is 0 Å². The Bertz CT molecular complexity index is 1750. The molecule has 0 aromatic rings. The maximum atomic E-state index is 12.9. The van der Waals surface area contributed by atoms with Crippen LogP contribution in [0.2, 0.25) is 0 Å². The van der Waals surface area contributed by atoms with Gasteiger partial charge < -0.3 is 14.2 Å². The van der Waals surface area contributed by atoms with Gasteiger partial charge in [-0.1, -0.05) is 289 Å². The Morgan fingerprint density at radius 3 is 0.762 bits per heavy atom. The largest absolute Gasteiger partial charge is 0.462 e. The summed E-state index contributed by atoms with van der Waals surface area (Å²) in [5.41, 5.74) is 0. The van der Waals surface area contributed by atoms with Crippen molar-refractivity contribution in [1.29, 1.82) is 0 Å². The second-order valence-corrected chi connectivity index (χ2v) is 21.3. The predicted molar refractivity (Wildman–Crippen MR) is 348 cm³/mol. The Hall–Kier alpha value is -4.71. The van der Waals surface area contributed by atoms with Crippen LogP contribution in [0.4, 0.5) is 0 Å². The molecule has 0 radical (unpaired) electrons. The second kappa shape index (κ2) is 66.8. The standard InChI is InChI=1S/C74H120O6/c1-4-7-10-13-16-19-22-25-28-30-32-34-36-37-39-40-42-44-46-49-52-55-58-61-64-67-73(76)79-70-71(69-78-72(75)66-63-60-57-54-51-48-27-24-21-18-15-12-9-6-3)80-74(77)68-65-62-59-56-53-50-47-45-43-41-38-35-33-31-29-26-23-20-17-14-11-8-5-2/h7-8,10-11,16-17,19-20,25-26,28-29,32-35,37,39,41-44,47,50,71H,4-6,9,12-15,18,21-24,27,30-31,36,38,40,45-46,48-49,51-70H2,1-3H3/b10-7-,11-8-,19-16-,20-17-,28-25-,29-26-,34-32-,35-33-,39-37-,43-41-,44-42-,50-47-. The maximum absolute atomic E-state index is 12.9. The van der Waals surface area contributed by atoms with Crippen LogP contribution in [0.15, 0.2) is 146 Å². The smallest absolute Gasteiger partial charge is 0.306 e. The van der Waals surface area contributed by atoms with E-state index in [2.05, 4.69) is 167 Å². The van der Waals surface area contributed by atoms with Gasteiger partial charge in [0.05, 0.1) is 0 Å². The lowest BCUT2D eigenvalue weighted by atomic mass is 10.0. The highest BCUT2D eigenvalue weighted by atomic mass is 16.6. The van der Waals surface area contributed by atoms with E-state index < -0.39 is 6.10 Å². The van der Waals surface area contributed by atoms with Crippen molar-refractivity contribution >= 4 is 17.9 Å². The molecule has 1 atom stereocenters. The van der Waals surface area contributed by atoms with Crippen molar-refractivity contribution in [3.8, 4) is 0 Å². The van der Waals surface area contributed by atoms with E-state index in [9.17, 15) is 14.4 Å². The van der Waals surface area contributed by atoms with Crippen LogP contribution >= 0.6 is 0 Å². The molecule has 452 valence electrons. The van der Waals surface area contributed by atoms with Gasteiger partial charge in [-0.3, -0.25) is 14.4 Å². The summed E-state index contributed by atoms with van der Waals surface area (Å²) < 4.78 is 16.9. The molecule has 1 unspecified atom stereocenters. The van der Waals surface area contributed by atoms with Crippen molar-refractivity contribution in [2.75, 3.05) is 13.2 Å². The Labute approximate surface area is 493 Å². The Morgan fingerprint density at radius 2 is 0.487 bits per heavy atom. The topological polar surface area (TPSA) is 78.9 Å². The SMILES string of the molecule is CC/C=C\C/C=C\C/C=C\C/C=C\C/C=C\C/C=C\CCCCCCCCC(=O)OCC(COC(=O)CCCCCCCCCCCCCCCC)OC(=O)CCCCCC/C=C\C/C=C\C/C=C\C/C=C\C/C=C\C/C=C\CC. The van der Waals surface area contributed by atoms with Crippen molar-refractivity contribution in [3.05, 3.63) is 146 Å². The van der Waals surface area contributed by atoms with Gasteiger partial charge in [0.15, 0.2) is 6.10 Å². The predicted octanol–water partition coefficient (Wildman–Crippen LogP) is 22.7. The Morgan fingerprint density at radius 1 is 0.263 bits per heavy atom. The number of ether oxygens (including phenoxy) is 3. The van der Waals surface area contributed by atoms with Crippen molar-refractivity contribution in [2.45, 2.75) is 290 Å². The molecule has 6 heteroatoms. The van der Waals surface area contributed by atoms with E-state index in [-0.39, 0.29) is 31.1 Å². The highest BCUT2D eigenvalue weighted by molar-refractivity contribution is 5.71. The van der Waals surface area contributed by atoms with E-state index in [4.69, 9.17) is 14.2 Å². The average Bonchev–Trinajstić information content (AvgIpc) is 3.46. The van der Waals surface area contributed by atoms with Gasteiger partial charge in [0.2, 0.25) is 0 Å². The molecular formula is C74H120O6. The number of carbonyl (C=O) groups is 3. The molecule has 0 amide bonds. The van der Waals surface area contributed by atoms with Gasteiger partial charge in [-0.05, 0) is 122 Å². The molecule has 0 aliphatic carbocycles. The van der Waals surface area contributed by atoms with Crippen LogP contribution in [0, 0.1) is 0 Å².